The molecule has 3 rings (SSSR count). The molecule has 1 heterocycles. The number of nitrogens with two attached hydrogens (primary N) is 1. The minimum absolute atomic E-state index is 0.499. The van der Waals surface area contributed by atoms with E-state index in [4.69, 9.17) is 5.73 Å². The molecule has 0 saturated heterocycles. The maximum atomic E-state index is 5.73. The van der Waals surface area contributed by atoms with E-state index in [9.17, 15) is 0 Å². The van der Waals surface area contributed by atoms with Gasteiger partial charge in [-0.15, -0.1) is 5.10 Å². The lowest BCUT2D eigenvalue weighted by atomic mass is 10.3. The third-order valence-electron chi connectivity index (χ3n) is 2.51. The van der Waals surface area contributed by atoms with E-state index in [1.807, 2.05) is 22.9 Å². The number of hydrogen-bond donors (Lipinski definition) is 1. The number of benzene rings is 1. The summed E-state index contributed by atoms with van der Waals surface area (Å²) >= 11 is 3.87. The highest BCUT2D eigenvalue weighted by Crippen LogP contribution is 2.38. The molecule has 2 N–H and O–H groups in total. The van der Waals surface area contributed by atoms with Crippen molar-refractivity contribution in [1.82, 2.24) is 20.2 Å². The molecule has 0 radical (unpaired) electrons. The first-order chi connectivity index (χ1) is 8.24. The van der Waals surface area contributed by atoms with Gasteiger partial charge < -0.3 is 5.73 Å². The Morgan fingerprint density at radius 1 is 1.41 bits per heavy atom. The number of nitrogen functional groups attached to an aromatic ring is 1. The van der Waals surface area contributed by atoms with Crippen LogP contribution in [0.2, 0.25) is 0 Å². The standard InChI is InChI=1S/C10H10IN5S/c11-8-5-6(12)1-4-9(8)17-10-13-14-15-16(10)7-2-3-7/h1,4-5,7H,2-3,12H2. The predicted octanol–water partition coefficient (Wildman–Crippen LogP) is 2.35. The number of aromatic nitrogens is 4. The van der Waals surface area contributed by atoms with Gasteiger partial charge in [-0.1, -0.05) is 0 Å². The number of rotatable bonds is 3. The van der Waals surface area contributed by atoms with Crippen molar-refractivity contribution in [2.24, 2.45) is 0 Å². The van der Waals surface area contributed by atoms with E-state index in [-0.39, 0.29) is 0 Å². The number of anilines is 1. The van der Waals surface area contributed by atoms with Gasteiger partial charge in [0.25, 0.3) is 0 Å². The van der Waals surface area contributed by atoms with E-state index in [1.165, 1.54) is 12.8 Å². The van der Waals surface area contributed by atoms with Gasteiger partial charge in [0.2, 0.25) is 5.16 Å². The smallest absolute Gasteiger partial charge is 0.214 e. The average Bonchev–Trinajstić information content (AvgIpc) is 3.03. The first kappa shape index (κ1) is 11.3. The van der Waals surface area contributed by atoms with Crippen LogP contribution in [0.5, 0.6) is 0 Å². The van der Waals surface area contributed by atoms with Crippen LogP contribution in [0.25, 0.3) is 0 Å². The molecule has 0 spiro atoms. The molecular weight excluding hydrogens is 349 g/mol. The molecule has 17 heavy (non-hydrogen) atoms. The van der Waals surface area contributed by atoms with Gasteiger partial charge in [-0.3, -0.25) is 0 Å². The summed E-state index contributed by atoms with van der Waals surface area (Å²) in [5, 5.41) is 12.7. The number of halogens is 1. The Balaban J connectivity index is 1.88. The highest BCUT2D eigenvalue weighted by molar-refractivity contribution is 14.1. The van der Waals surface area contributed by atoms with Gasteiger partial charge in [-0.25, -0.2) is 4.68 Å². The number of tetrazole rings is 1. The predicted molar refractivity (Wildman–Crippen MR) is 73.8 cm³/mol. The summed E-state index contributed by atoms with van der Waals surface area (Å²) in [6.45, 7) is 0. The molecule has 1 aliphatic carbocycles. The monoisotopic (exact) mass is 359 g/mol. The summed E-state index contributed by atoms with van der Waals surface area (Å²) in [5.74, 6) is 0. The molecule has 1 saturated carbocycles. The zero-order valence-electron chi connectivity index (χ0n) is 8.88. The molecule has 0 bridgehead atoms. The van der Waals surface area contributed by atoms with Crippen LogP contribution in [0.15, 0.2) is 28.3 Å². The largest absolute Gasteiger partial charge is 0.399 e. The molecule has 1 aromatic heterocycles. The number of hydrogen-bond acceptors (Lipinski definition) is 5. The molecule has 0 atom stereocenters. The van der Waals surface area contributed by atoms with Crippen molar-refractivity contribution in [1.29, 1.82) is 0 Å². The lowest BCUT2D eigenvalue weighted by Crippen LogP contribution is -1.98. The van der Waals surface area contributed by atoms with Gasteiger partial charge in [0.1, 0.15) is 0 Å². The molecule has 1 aromatic carbocycles. The highest BCUT2D eigenvalue weighted by atomic mass is 127. The lowest BCUT2D eigenvalue weighted by molar-refractivity contribution is 0.565. The molecule has 1 aliphatic rings. The van der Waals surface area contributed by atoms with Crippen molar-refractivity contribution < 1.29 is 0 Å². The Hall–Kier alpha value is -0.830. The Labute approximate surface area is 116 Å². The molecular formula is C10H10IN5S. The summed E-state index contributed by atoms with van der Waals surface area (Å²) in [4.78, 5) is 1.14. The van der Waals surface area contributed by atoms with Gasteiger partial charge in [0.05, 0.1) is 6.04 Å². The SMILES string of the molecule is Nc1ccc(Sc2nnnn2C2CC2)c(I)c1. The fraction of sp³-hybridized carbons (Fsp3) is 0.300. The second-order valence-corrected chi connectivity index (χ2v) is 6.10. The van der Waals surface area contributed by atoms with Crippen molar-refractivity contribution in [3.05, 3.63) is 21.8 Å². The Kier molecular flexibility index (Phi) is 2.95. The second kappa shape index (κ2) is 4.45. The summed E-state index contributed by atoms with van der Waals surface area (Å²) < 4.78 is 3.04. The van der Waals surface area contributed by atoms with E-state index in [0.29, 0.717) is 6.04 Å². The first-order valence-corrected chi connectivity index (χ1v) is 7.14. The molecule has 0 aliphatic heterocycles. The second-order valence-electron chi connectivity index (χ2n) is 3.93. The van der Waals surface area contributed by atoms with Crippen molar-refractivity contribution >= 4 is 40.0 Å². The summed E-state index contributed by atoms with van der Waals surface area (Å²) in [5.41, 5.74) is 6.51. The fourth-order valence-corrected chi connectivity index (χ4v) is 3.21. The molecule has 5 nitrogen and oxygen atoms in total. The van der Waals surface area contributed by atoms with E-state index in [0.717, 1.165) is 19.3 Å². The molecule has 1 fully saturated rings. The summed E-state index contributed by atoms with van der Waals surface area (Å²) in [7, 11) is 0. The van der Waals surface area contributed by atoms with Gasteiger partial charge in [0.15, 0.2) is 0 Å². The van der Waals surface area contributed by atoms with Crippen LogP contribution in [0.3, 0.4) is 0 Å². The van der Waals surface area contributed by atoms with Crippen molar-refractivity contribution in [3.8, 4) is 0 Å². The van der Waals surface area contributed by atoms with Crippen LogP contribution in [0.4, 0.5) is 5.69 Å². The normalized spacial score (nSPS) is 15.1. The van der Waals surface area contributed by atoms with E-state index < -0.39 is 0 Å². The van der Waals surface area contributed by atoms with Crippen LogP contribution in [-0.2, 0) is 0 Å². The summed E-state index contributed by atoms with van der Waals surface area (Å²) in [6, 6.07) is 6.36. The van der Waals surface area contributed by atoms with Crippen molar-refractivity contribution in [2.75, 3.05) is 5.73 Å². The Morgan fingerprint density at radius 2 is 2.24 bits per heavy atom. The lowest BCUT2D eigenvalue weighted by Gasteiger charge is -2.05. The van der Waals surface area contributed by atoms with Crippen LogP contribution < -0.4 is 5.73 Å². The maximum Gasteiger partial charge on any atom is 0.214 e. The highest BCUT2D eigenvalue weighted by Gasteiger charge is 2.28. The number of nitrogens with zero attached hydrogens (tertiary/aromatic N) is 4. The fourth-order valence-electron chi connectivity index (χ4n) is 1.50. The first-order valence-electron chi connectivity index (χ1n) is 5.25. The van der Waals surface area contributed by atoms with Gasteiger partial charge in [-0.2, -0.15) is 0 Å². The van der Waals surface area contributed by atoms with E-state index in [2.05, 4.69) is 38.1 Å². The molecule has 7 heteroatoms. The average molecular weight is 359 g/mol. The van der Waals surface area contributed by atoms with Gasteiger partial charge >= 0.3 is 0 Å². The third kappa shape index (κ3) is 2.39. The maximum absolute atomic E-state index is 5.73. The topological polar surface area (TPSA) is 69.6 Å². The van der Waals surface area contributed by atoms with E-state index >= 15 is 0 Å². The molecule has 0 amide bonds. The third-order valence-corrected chi connectivity index (χ3v) is 4.80. The molecule has 88 valence electrons. The summed E-state index contributed by atoms with van der Waals surface area (Å²) in [6.07, 6.45) is 2.36. The van der Waals surface area contributed by atoms with Crippen molar-refractivity contribution in [2.45, 2.75) is 28.9 Å². The van der Waals surface area contributed by atoms with Crippen LogP contribution in [-0.4, -0.2) is 20.2 Å². The van der Waals surface area contributed by atoms with Gasteiger partial charge in [0, 0.05) is 14.2 Å². The zero-order valence-corrected chi connectivity index (χ0v) is 11.9. The van der Waals surface area contributed by atoms with Crippen molar-refractivity contribution in [3.63, 3.8) is 0 Å². The minimum Gasteiger partial charge on any atom is -0.399 e. The van der Waals surface area contributed by atoms with Crippen LogP contribution in [0, 0.1) is 3.57 Å². The quantitative estimate of drug-likeness (QED) is 0.673. The van der Waals surface area contributed by atoms with E-state index in [1.54, 1.807) is 11.8 Å². The zero-order chi connectivity index (χ0) is 11.8. The minimum atomic E-state index is 0.499. The Morgan fingerprint density at radius 3 is 2.94 bits per heavy atom. The molecule has 2 aromatic rings. The van der Waals surface area contributed by atoms with Crippen LogP contribution in [0.1, 0.15) is 18.9 Å². The Bertz CT molecular complexity index is 551. The van der Waals surface area contributed by atoms with Crippen LogP contribution >= 0.6 is 34.4 Å². The van der Waals surface area contributed by atoms with Gasteiger partial charge in [-0.05, 0) is 75.8 Å². The molecule has 0 unspecified atom stereocenters.